The number of carbonyl (C=O) groups excluding carboxylic acids is 2. The number of anilines is 1. The van der Waals surface area contributed by atoms with Crippen LogP contribution in [0.15, 0.2) is 60.7 Å². The van der Waals surface area contributed by atoms with E-state index in [4.69, 9.17) is 4.74 Å². The van der Waals surface area contributed by atoms with E-state index in [1.165, 1.54) is 0 Å². The van der Waals surface area contributed by atoms with Crippen molar-refractivity contribution in [2.45, 2.75) is 26.7 Å². The van der Waals surface area contributed by atoms with E-state index < -0.39 is 5.41 Å². The van der Waals surface area contributed by atoms with E-state index in [-0.39, 0.29) is 11.7 Å². The van der Waals surface area contributed by atoms with Crippen molar-refractivity contribution in [2.24, 2.45) is 5.41 Å². The number of nitrogens with zero attached hydrogens (tertiary/aromatic N) is 1. The van der Waals surface area contributed by atoms with Crippen molar-refractivity contribution in [3.63, 3.8) is 0 Å². The zero-order valence-electron chi connectivity index (χ0n) is 16.1. The van der Waals surface area contributed by atoms with Crippen LogP contribution in [0.3, 0.4) is 0 Å². The zero-order valence-corrected chi connectivity index (χ0v) is 16.1. The number of hydrogen-bond acceptors (Lipinski definition) is 3. The molecule has 1 aliphatic heterocycles. The number of ether oxygens (including phenoxy) is 1. The minimum absolute atomic E-state index is 0.108. The molecule has 1 unspecified atom stereocenters. The molecule has 1 saturated heterocycles. The Morgan fingerprint density at radius 1 is 1.19 bits per heavy atom. The van der Waals surface area contributed by atoms with E-state index in [0.29, 0.717) is 36.4 Å². The molecule has 4 nitrogen and oxygen atoms in total. The second kappa shape index (κ2) is 7.78. The summed E-state index contributed by atoms with van der Waals surface area (Å²) in [5, 5.41) is 0. The summed E-state index contributed by atoms with van der Waals surface area (Å²) in [5.41, 5.74) is 1.31. The quantitative estimate of drug-likeness (QED) is 0.429. The summed E-state index contributed by atoms with van der Waals surface area (Å²) in [7, 11) is 1.59. The monoisotopic (exact) mass is 363 g/mol. The van der Waals surface area contributed by atoms with E-state index in [9.17, 15) is 9.59 Å². The number of hydrogen-bond donors (Lipinski definition) is 0. The highest BCUT2D eigenvalue weighted by atomic mass is 16.5. The molecular weight excluding hydrogens is 338 g/mol. The van der Waals surface area contributed by atoms with Crippen LogP contribution in [-0.2, 0) is 4.79 Å². The first kappa shape index (κ1) is 18.9. The van der Waals surface area contributed by atoms with Gasteiger partial charge in [-0.2, -0.15) is 0 Å². The predicted octanol–water partition coefficient (Wildman–Crippen LogP) is 4.58. The van der Waals surface area contributed by atoms with Gasteiger partial charge < -0.3 is 9.64 Å². The number of amides is 1. The summed E-state index contributed by atoms with van der Waals surface area (Å²) in [6.07, 6.45) is 4.69. The van der Waals surface area contributed by atoms with Crippen LogP contribution >= 0.6 is 0 Å². The molecule has 1 heterocycles. The number of ketones is 1. The highest BCUT2D eigenvalue weighted by Crippen LogP contribution is 2.43. The molecule has 2 aromatic rings. The molecule has 2 aromatic carbocycles. The topological polar surface area (TPSA) is 46.6 Å². The first-order chi connectivity index (χ1) is 13.0. The largest absolute Gasteiger partial charge is 0.495 e. The lowest BCUT2D eigenvalue weighted by atomic mass is 9.76. The first-order valence-corrected chi connectivity index (χ1v) is 9.21. The molecule has 1 amide bonds. The Kier molecular flexibility index (Phi) is 5.45. The van der Waals surface area contributed by atoms with E-state index >= 15 is 0 Å². The van der Waals surface area contributed by atoms with Gasteiger partial charge in [0.2, 0.25) is 5.91 Å². The van der Waals surface area contributed by atoms with Crippen molar-refractivity contribution in [1.29, 1.82) is 0 Å². The van der Waals surface area contributed by atoms with Gasteiger partial charge in [0, 0.05) is 12.1 Å². The number of methoxy groups -OCH3 is 1. The fraction of sp³-hybridized carbons (Fsp3) is 0.304. The van der Waals surface area contributed by atoms with Crippen LogP contribution in [-0.4, -0.2) is 25.3 Å². The van der Waals surface area contributed by atoms with E-state index in [0.717, 1.165) is 5.56 Å². The van der Waals surface area contributed by atoms with Crippen LogP contribution in [0.5, 0.6) is 5.75 Å². The fourth-order valence-electron chi connectivity index (χ4n) is 3.65. The lowest BCUT2D eigenvalue weighted by Crippen LogP contribution is -2.40. The molecule has 1 aliphatic rings. The smallest absolute Gasteiger partial charge is 0.241 e. The summed E-state index contributed by atoms with van der Waals surface area (Å²) in [5.74, 6) is 0.370. The third-order valence-corrected chi connectivity index (χ3v) is 5.24. The van der Waals surface area contributed by atoms with Gasteiger partial charge in [-0.3, -0.25) is 9.59 Å². The third-order valence-electron chi connectivity index (χ3n) is 5.24. The molecule has 0 aromatic heterocycles. The lowest BCUT2D eigenvalue weighted by Gasteiger charge is -2.26. The highest BCUT2D eigenvalue weighted by Gasteiger charge is 2.52. The normalized spacial score (nSPS) is 19.7. The molecule has 0 N–H and O–H groups in total. The van der Waals surface area contributed by atoms with Crippen molar-refractivity contribution in [3.8, 4) is 5.75 Å². The average Bonchev–Trinajstić information content (AvgIpc) is 3.03. The number of rotatable bonds is 6. The molecular formula is C23H25NO3. The second-order valence-corrected chi connectivity index (χ2v) is 6.93. The summed E-state index contributed by atoms with van der Waals surface area (Å²) < 4.78 is 5.42. The molecule has 0 saturated carbocycles. The molecule has 0 bridgehead atoms. The van der Waals surface area contributed by atoms with Crippen LogP contribution in [0.25, 0.3) is 0 Å². The average molecular weight is 363 g/mol. The molecule has 4 heteroatoms. The molecule has 27 heavy (non-hydrogen) atoms. The van der Waals surface area contributed by atoms with Gasteiger partial charge in [0.05, 0.1) is 12.8 Å². The van der Waals surface area contributed by atoms with Gasteiger partial charge in [-0.15, -0.1) is 0 Å². The van der Waals surface area contributed by atoms with Crippen molar-refractivity contribution < 1.29 is 14.3 Å². The summed E-state index contributed by atoms with van der Waals surface area (Å²) in [4.78, 5) is 28.6. The van der Waals surface area contributed by atoms with Crippen molar-refractivity contribution >= 4 is 17.4 Å². The minimum atomic E-state index is -1.07. The Balaban J connectivity index is 2.01. The van der Waals surface area contributed by atoms with Crippen molar-refractivity contribution in [2.75, 3.05) is 18.6 Å². The van der Waals surface area contributed by atoms with Crippen LogP contribution in [0.2, 0.25) is 0 Å². The summed E-state index contributed by atoms with van der Waals surface area (Å²) in [6.45, 7) is 4.38. The van der Waals surface area contributed by atoms with Crippen molar-refractivity contribution in [3.05, 3.63) is 71.8 Å². The maximum Gasteiger partial charge on any atom is 0.241 e. The molecule has 3 rings (SSSR count). The van der Waals surface area contributed by atoms with Gasteiger partial charge in [-0.05, 0) is 38.8 Å². The Bertz CT molecular complexity index is 869. The van der Waals surface area contributed by atoms with Gasteiger partial charge in [-0.25, -0.2) is 0 Å². The van der Waals surface area contributed by atoms with Crippen LogP contribution in [0, 0.1) is 12.3 Å². The van der Waals surface area contributed by atoms with Gasteiger partial charge in [0.25, 0.3) is 0 Å². The van der Waals surface area contributed by atoms with Gasteiger partial charge in [-0.1, -0.05) is 54.1 Å². The second-order valence-electron chi connectivity index (χ2n) is 6.93. The maximum atomic E-state index is 13.5. The molecule has 0 radical (unpaired) electrons. The fourth-order valence-corrected chi connectivity index (χ4v) is 3.65. The van der Waals surface area contributed by atoms with Crippen LogP contribution in [0.4, 0.5) is 5.69 Å². The van der Waals surface area contributed by atoms with Gasteiger partial charge in [0.1, 0.15) is 11.2 Å². The molecule has 1 fully saturated rings. The van der Waals surface area contributed by atoms with Crippen LogP contribution in [0.1, 0.15) is 35.7 Å². The molecule has 140 valence electrons. The zero-order chi connectivity index (χ0) is 19.4. The summed E-state index contributed by atoms with van der Waals surface area (Å²) >= 11 is 0. The van der Waals surface area contributed by atoms with Crippen molar-refractivity contribution in [1.82, 2.24) is 0 Å². The number of allylic oxidation sites excluding steroid dienone is 2. The summed E-state index contributed by atoms with van der Waals surface area (Å²) in [6, 6.07) is 14.9. The Hall–Kier alpha value is -2.88. The Morgan fingerprint density at radius 3 is 2.56 bits per heavy atom. The predicted molar refractivity (Wildman–Crippen MR) is 107 cm³/mol. The van der Waals surface area contributed by atoms with E-state index in [1.54, 1.807) is 12.0 Å². The number of para-hydroxylation sites is 2. The number of aryl methyl sites for hydroxylation is 1. The molecule has 1 atom stereocenters. The number of carbonyl (C=O) groups is 2. The van der Waals surface area contributed by atoms with E-state index in [1.807, 2.05) is 74.5 Å². The highest BCUT2D eigenvalue weighted by molar-refractivity contribution is 6.20. The van der Waals surface area contributed by atoms with Gasteiger partial charge in [0.15, 0.2) is 5.78 Å². The molecule has 0 aliphatic carbocycles. The Labute approximate surface area is 160 Å². The minimum Gasteiger partial charge on any atom is -0.495 e. The van der Waals surface area contributed by atoms with Crippen LogP contribution < -0.4 is 9.64 Å². The molecule has 0 spiro atoms. The first-order valence-electron chi connectivity index (χ1n) is 9.21. The Morgan fingerprint density at radius 2 is 1.89 bits per heavy atom. The SMILES string of the molecule is CC=CCC1(C(=O)c2ccc(C)cc2)CCN(c2ccccc2OC)C1=O. The maximum absolute atomic E-state index is 13.5. The number of benzene rings is 2. The van der Waals surface area contributed by atoms with Gasteiger partial charge >= 0.3 is 0 Å². The lowest BCUT2D eigenvalue weighted by molar-refractivity contribution is -0.123. The standard InChI is InChI=1S/C23H25NO3/c1-4-5-14-23(21(25)18-12-10-17(2)11-13-18)15-16-24(22(23)26)19-8-6-7-9-20(19)27-3/h4-13H,14-16H2,1-3H3. The third kappa shape index (κ3) is 3.39. The number of Topliss-reactive ketones (excluding diaryl/α,β-unsaturated/α-hetero) is 1. The van der Waals surface area contributed by atoms with E-state index in [2.05, 4.69) is 0 Å².